The van der Waals surface area contributed by atoms with E-state index in [0.717, 1.165) is 5.92 Å². The molecule has 1 rings (SSSR count). The Bertz CT molecular complexity index is 328. The van der Waals surface area contributed by atoms with Gasteiger partial charge in [0.25, 0.3) is 0 Å². The molecule has 1 unspecified atom stereocenters. The van der Waals surface area contributed by atoms with E-state index in [9.17, 15) is 0 Å². The van der Waals surface area contributed by atoms with Gasteiger partial charge in [-0.1, -0.05) is 19.9 Å². The maximum absolute atomic E-state index is 3.57. The Labute approximate surface area is 100 Å². The predicted octanol–water partition coefficient (Wildman–Crippen LogP) is 4.54. The minimum Gasteiger partial charge on any atom is -0.383 e. The molecule has 0 aliphatic rings. The first-order valence-corrected chi connectivity index (χ1v) is 6.33. The average Bonchev–Trinajstić information content (AvgIpc) is 2.21. The molecule has 1 heteroatoms. The fraction of sp³-hybridized carbons (Fsp3) is 0.600. The van der Waals surface area contributed by atoms with E-state index in [1.807, 2.05) is 0 Å². The number of rotatable bonds is 5. The van der Waals surface area contributed by atoms with Crippen molar-refractivity contribution in [2.75, 3.05) is 5.32 Å². The van der Waals surface area contributed by atoms with Gasteiger partial charge >= 0.3 is 0 Å². The highest BCUT2D eigenvalue weighted by molar-refractivity contribution is 5.48. The van der Waals surface area contributed by atoms with Crippen molar-refractivity contribution >= 4 is 5.69 Å². The van der Waals surface area contributed by atoms with Crippen LogP contribution in [-0.4, -0.2) is 6.04 Å². The third-order valence-corrected chi connectivity index (χ3v) is 3.10. The van der Waals surface area contributed by atoms with Crippen LogP contribution in [0.1, 0.15) is 44.7 Å². The highest BCUT2D eigenvalue weighted by Gasteiger charge is 2.04. The molecule has 1 N–H and O–H groups in total. The van der Waals surface area contributed by atoms with Gasteiger partial charge in [0.2, 0.25) is 0 Å². The number of anilines is 1. The molecular weight excluding hydrogens is 194 g/mol. The lowest BCUT2D eigenvalue weighted by molar-refractivity contribution is 0.527. The number of benzene rings is 1. The lowest BCUT2D eigenvalue weighted by Crippen LogP contribution is -2.15. The highest BCUT2D eigenvalue weighted by atomic mass is 14.9. The van der Waals surface area contributed by atoms with Gasteiger partial charge in [0.05, 0.1) is 0 Å². The fourth-order valence-corrected chi connectivity index (χ4v) is 1.77. The van der Waals surface area contributed by atoms with E-state index in [1.165, 1.54) is 29.7 Å². The molecule has 0 amide bonds. The van der Waals surface area contributed by atoms with Crippen LogP contribution in [-0.2, 0) is 0 Å². The van der Waals surface area contributed by atoms with Crippen LogP contribution in [0.5, 0.6) is 0 Å². The third kappa shape index (κ3) is 4.26. The maximum atomic E-state index is 3.57. The van der Waals surface area contributed by atoms with Gasteiger partial charge in [0.1, 0.15) is 0 Å². The third-order valence-electron chi connectivity index (χ3n) is 3.10. The van der Waals surface area contributed by atoms with Crippen LogP contribution in [0.2, 0.25) is 0 Å². The normalized spacial score (nSPS) is 12.9. The smallest absolute Gasteiger partial charge is 0.0345 e. The van der Waals surface area contributed by atoms with Gasteiger partial charge in [-0.25, -0.2) is 0 Å². The van der Waals surface area contributed by atoms with Crippen LogP contribution in [0, 0.1) is 19.8 Å². The van der Waals surface area contributed by atoms with Gasteiger partial charge in [-0.15, -0.1) is 0 Å². The van der Waals surface area contributed by atoms with E-state index >= 15 is 0 Å². The first-order valence-electron chi connectivity index (χ1n) is 6.33. The molecule has 0 bridgehead atoms. The van der Waals surface area contributed by atoms with Crippen molar-refractivity contribution in [2.45, 2.75) is 53.5 Å². The Balaban J connectivity index is 2.49. The molecular formula is C15H25N. The van der Waals surface area contributed by atoms with Crippen molar-refractivity contribution in [1.29, 1.82) is 0 Å². The molecule has 1 nitrogen and oxygen atoms in total. The largest absolute Gasteiger partial charge is 0.383 e. The molecule has 16 heavy (non-hydrogen) atoms. The van der Waals surface area contributed by atoms with Crippen LogP contribution in [0.3, 0.4) is 0 Å². The van der Waals surface area contributed by atoms with Gasteiger partial charge in [0, 0.05) is 11.7 Å². The van der Waals surface area contributed by atoms with E-state index < -0.39 is 0 Å². The summed E-state index contributed by atoms with van der Waals surface area (Å²) >= 11 is 0. The van der Waals surface area contributed by atoms with Crippen LogP contribution in [0.4, 0.5) is 5.69 Å². The number of nitrogens with one attached hydrogen (secondary N) is 1. The first kappa shape index (κ1) is 13.1. The molecule has 0 spiro atoms. The lowest BCUT2D eigenvalue weighted by Gasteiger charge is -2.17. The molecule has 0 aliphatic heterocycles. The molecule has 0 heterocycles. The second kappa shape index (κ2) is 5.93. The Morgan fingerprint density at radius 2 is 1.69 bits per heavy atom. The molecule has 0 saturated carbocycles. The zero-order valence-electron chi connectivity index (χ0n) is 11.3. The topological polar surface area (TPSA) is 12.0 Å². The van der Waals surface area contributed by atoms with E-state index in [1.54, 1.807) is 0 Å². The van der Waals surface area contributed by atoms with E-state index in [4.69, 9.17) is 0 Å². The number of aryl methyl sites for hydroxylation is 2. The fourth-order valence-electron chi connectivity index (χ4n) is 1.77. The summed E-state index contributed by atoms with van der Waals surface area (Å²) in [6, 6.07) is 7.16. The van der Waals surface area contributed by atoms with E-state index in [0.29, 0.717) is 6.04 Å². The quantitative estimate of drug-likeness (QED) is 0.766. The summed E-state index contributed by atoms with van der Waals surface area (Å²) in [7, 11) is 0. The summed E-state index contributed by atoms with van der Waals surface area (Å²) in [4.78, 5) is 0. The van der Waals surface area contributed by atoms with Crippen LogP contribution in [0.15, 0.2) is 18.2 Å². The zero-order chi connectivity index (χ0) is 12.1. The molecule has 0 radical (unpaired) electrons. The average molecular weight is 219 g/mol. The van der Waals surface area contributed by atoms with E-state index in [2.05, 4.69) is 58.1 Å². The Morgan fingerprint density at radius 3 is 2.25 bits per heavy atom. The van der Waals surface area contributed by atoms with Crippen molar-refractivity contribution < 1.29 is 0 Å². The lowest BCUT2D eigenvalue weighted by atomic mass is 10.0. The number of hydrogen-bond acceptors (Lipinski definition) is 1. The van der Waals surface area contributed by atoms with Crippen LogP contribution >= 0.6 is 0 Å². The summed E-state index contributed by atoms with van der Waals surface area (Å²) in [5.41, 5.74) is 3.97. The van der Waals surface area contributed by atoms with Gasteiger partial charge in [-0.3, -0.25) is 0 Å². The summed E-state index contributed by atoms with van der Waals surface area (Å²) in [5.74, 6) is 0.795. The summed E-state index contributed by atoms with van der Waals surface area (Å²) < 4.78 is 0. The Morgan fingerprint density at radius 1 is 1.00 bits per heavy atom. The van der Waals surface area contributed by atoms with Gasteiger partial charge in [0.15, 0.2) is 0 Å². The Hall–Kier alpha value is -0.980. The molecule has 1 aromatic rings. The second-order valence-electron chi connectivity index (χ2n) is 5.32. The molecule has 0 aliphatic carbocycles. The summed E-state index contributed by atoms with van der Waals surface area (Å²) in [6.07, 6.45) is 2.53. The van der Waals surface area contributed by atoms with Gasteiger partial charge < -0.3 is 5.32 Å². The number of hydrogen-bond donors (Lipinski definition) is 1. The molecule has 0 saturated heterocycles. The van der Waals surface area contributed by atoms with E-state index in [-0.39, 0.29) is 0 Å². The van der Waals surface area contributed by atoms with Crippen molar-refractivity contribution in [2.24, 2.45) is 5.92 Å². The van der Waals surface area contributed by atoms with Crippen molar-refractivity contribution in [3.63, 3.8) is 0 Å². The van der Waals surface area contributed by atoms with Crippen LogP contribution in [0.25, 0.3) is 0 Å². The SMILES string of the molecule is Cc1ccc(NC(C)CCC(C)C)cc1C. The predicted molar refractivity (Wildman–Crippen MR) is 73.1 cm³/mol. The molecule has 1 atom stereocenters. The standard InChI is InChI=1S/C15H25N/c1-11(2)6-8-14(5)16-15-9-7-12(3)13(4)10-15/h7,9-11,14,16H,6,8H2,1-5H3. The molecule has 1 aromatic carbocycles. The van der Waals surface area contributed by atoms with Gasteiger partial charge in [-0.2, -0.15) is 0 Å². The first-order chi connectivity index (χ1) is 7.49. The second-order valence-corrected chi connectivity index (χ2v) is 5.32. The monoisotopic (exact) mass is 219 g/mol. The zero-order valence-corrected chi connectivity index (χ0v) is 11.3. The minimum atomic E-state index is 0.560. The minimum absolute atomic E-state index is 0.560. The molecule has 90 valence electrons. The maximum Gasteiger partial charge on any atom is 0.0345 e. The molecule has 0 fully saturated rings. The van der Waals surface area contributed by atoms with Crippen molar-refractivity contribution in [1.82, 2.24) is 0 Å². The Kier molecular flexibility index (Phi) is 4.85. The molecule has 0 aromatic heterocycles. The summed E-state index contributed by atoms with van der Waals surface area (Å²) in [6.45, 7) is 11.1. The van der Waals surface area contributed by atoms with Gasteiger partial charge in [-0.05, 0) is 62.8 Å². The van der Waals surface area contributed by atoms with Crippen LogP contribution < -0.4 is 5.32 Å². The van der Waals surface area contributed by atoms with Crippen molar-refractivity contribution in [3.8, 4) is 0 Å². The van der Waals surface area contributed by atoms with Crippen molar-refractivity contribution in [3.05, 3.63) is 29.3 Å². The summed E-state index contributed by atoms with van der Waals surface area (Å²) in [5, 5.41) is 3.57. The highest BCUT2D eigenvalue weighted by Crippen LogP contribution is 2.17.